The molecule has 2 heterocycles. The smallest absolute Gasteiger partial charge is 0.252 e. The lowest BCUT2D eigenvalue weighted by Crippen LogP contribution is -2.30. The van der Waals surface area contributed by atoms with E-state index in [1.54, 1.807) is 12.4 Å². The second-order valence-corrected chi connectivity index (χ2v) is 7.83. The van der Waals surface area contributed by atoms with Gasteiger partial charge in [0, 0.05) is 56.5 Å². The molecule has 6 heteroatoms. The summed E-state index contributed by atoms with van der Waals surface area (Å²) in [6, 6.07) is 12.2. The van der Waals surface area contributed by atoms with Gasteiger partial charge in [-0.05, 0) is 49.6 Å². The standard InChI is InChI=1S/C23H29N5O/c1-16(15-28-18(3)10-17(2)26-28)12-25-23(29)21-11-20(13-24-14-21)19-6-8-22(9-7-19)27(4)5/h6-11,13-14,16H,12,15H2,1-5H3,(H,25,29)/t16-/m1/s1. The number of aromatic nitrogens is 3. The van der Waals surface area contributed by atoms with Crippen LogP contribution in [0.2, 0.25) is 0 Å². The van der Waals surface area contributed by atoms with Gasteiger partial charge in [-0.15, -0.1) is 0 Å². The molecule has 0 radical (unpaired) electrons. The molecule has 1 atom stereocenters. The Balaban J connectivity index is 1.62. The normalized spacial score (nSPS) is 11.9. The Bertz CT molecular complexity index is 975. The zero-order valence-corrected chi connectivity index (χ0v) is 17.8. The molecule has 0 spiro atoms. The number of amides is 1. The minimum absolute atomic E-state index is 0.107. The minimum atomic E-state index is -0.107. The third kappa shape index (κ3) is 5.22. The number of rotatable bonds is 7. The first-order valence-electron chi connectivity index (χ1n) is 9.85. The van der Waals surface area contributed by atoms with Gasteiger partial charge in [0.15, 0.2) is 0 Å². The summed E-state index contributed by atoms with van der Waals surface area (Å²) in [5.74, 6) is 0.163. The maximum Gasteiger partial charge on any atom is 0.252 e. The van der Waals surface area contributed by atoms with E-state index in [0.29, 0.717) is 12.1 Å². The Morgan fingerprint density at radius 1 is 1.10 bits per heavy atom. The van der Waals surface area contributed by atoms with Crippen LogP contribution in [0.1, 0.15) is 28.7 Å². The highest BCUT2D eigenvalue weighted by atomic mass is 16.1. The van der Waals surface area contributed by atoms with Gasteiger partial charge in [-0.3, -0.25) is 14.5 Å². The van der Waals surface area contributed by atoms with Crippen LogP contribution in [0.5, 0.6) is 0 Å². The molecule has 1 N–H and O–H groups in total. The second-order valence-electron chi connectivity index (χ2n) is 7.83. The van der Waals surface area contributed by atoms with E-state index in [2.05, 4.69) is 45.4 Å². The Labute approximate surface area is 172 Å². The highest BCUT2D eigenvalue weighted by Gasteiger charge is 2.12. The number of anilines is 1. The average Bonchev–Trinajstić information content (AvgIpc) is 3.03. The van der Waals surface area contributed by atoms with Gasteiger partial charge >= 0.3 is 0 Å². The highest BCUT2D eigenvalue weighted by molar-refractivity contribution is 5.95. The van der Waals surface area contributed by atoms with Crippen LogP contribution in [-0.2, 0) is 6.54 Å². The maximum absolute atomic E-state index is 12.6. The van der Waals surface area contributed by atoms with E-state index in [4.69, 9.17) is 0 Å². The van der Waals surface area contributed by atoms with Crippen molar-refractivity contribution in [1.82, 2.24) is 20.1 Å². The van der Waals surface area contributed by atoms with Gasteiger partial charge in [0.2, 0.25) is 0 Å². The quantitative estimate of drug-likeness (QED) is 0.667. The van der Waals surface area contributed by atoms with Crippen molar-refractivity contribution in [2.75, 3.05) is 25.5 Å². The Morgan fingerprint density at radius 2 is 1.83 bits per heavy atom. The van der Waals surface area contributed by atoms with Gasteiger partial charge in [-0.2, -0.15) is 5.10 Å². The predicted octanol–water partition coefficient (Wildman–Crippen LogP) is 3.69. The van der Waals surface area contributed by atoms with Gasteiger partial charge in [0.1, 0.15) is 0 Å². The lowest BCUT2D eigenvalue weighted by molar-refractivity contribution is 0.0946. The summed E-state index contributed by atoms with van der Waals surface area (Å²) in [6.07, 6.45) is 3.39. The maximum atomic E-state index is 12.6. The van der Waals surface area contributed by atoms with Gasteiger partial charge in [-0.25, -0.2) is 0 Å². The number of hydrogen-bond acceptors (Lipinski definition) is 4. The molecule has 6 nitrogen and oxygen atoms in total. The predicted molar refractivity (Wildman–Crippen MR) is 117 cm³/mol. The molecule has 0 aliphatic heterocycles. The third-order valence-electron chi connectivity index (χ3n) is 4.92. The summed E-state index contributed by atoms with van der Waals surface area (Å²) < 4.78 is 1.99. The SMILES string of the molecule is Cc1cc(C)n(C[C@H](C)CNC(=O)c2cncc(-c3ccc(N(C)C)cc3)c2)n1. The first kappa shape index (κ1) is 20.6. The molecule has 0 bridgehead atoms. The van der Waals surface area contributed by atoms with Gasteiger partial charge in [0.05, 0.1) is 11.3 Å². The Kier molecular flexibility index (Phi) is 6.32. The highest BCUT2D eigenvalue weighted by Crippen LogP contribution is 2.22. The zero-order chi connectivity index (χ0) is 21.0. The molecule has 2 aromatic heterocycles. The van der Waals surface area contributed by atoms with E-state index in [1.807, 2.05) is 50.8 Å². The van der Waals surface area contributed by atoms with Crippen molar-refractivity contribution >= 4 is 11.6 Å². The summed E-state index contributed by atoms with van der Waals surface area (Å²) in [4.78, 5) is 18.9. The van der Waals surface area contributed by atoms with Crippen LogP contribution in [0.4, 0.5) is 5.69 Å². The van der Waals surface area contributed by atoms with E-state index >= 15 is 0 Å². The van der Waals surface area contributed by atoms with Crippen LogP contribution in [0.3, 0.4) is 0 Å². The number of aryl methyl sites for hydroxylation is 2. The molecule has 1 aromatic carbocycles. The van der Waals surface area contributed by atoms with Crippen LogP contribution in [0.25, 0.3) is 11.1 Å². The summed E-state index contributed by atoms with van der Waals surface area (Å²) in [7, 11) is 4.02. The van der Waals surface area contributed by atoms with E-state index in [-0.39, 0.29) is 11.8 Å². The van der Waals surface area contributed by atoms with Crippen LogP contribution in [-0.4, -0.2) is 41.3 Å². The first-order chi connectivity index (χ1) is 13.8. The fourth-order valence-electron chi connectivity index (χ4n) is 3.26. The first-order valence-corrected chi connectivity index (χ1v) is 9.85. The molecule has 0 unspecified atom stereocenters. The molecule has 1 amide bonds. The van der Waals surface area contributed by atoms with Crippen molar-refractivity contribution in [2.45, 2.75) is 27.3 Å². The van der Waals surface area contributed by atoms with Crippen molar-refractivity contribution in [2.24, 2.45) is 5.92 Å². The van der Waals surface area contributed by atoms with Crippen LogP contribution in [0.15, 0.2) is 48.8 Å². The van der Waals surface area contributed by atoms with E-state index in [0.717, 1.165) is 34.7 Å². The molecular formula is C23H29N5O. The topological polar surface area (TPSA) is 63.1 Å². The molecule has 29 heavy (non-hydrogen) atoms. The summed E-state index contributed by atoms with van der Waals surface area (Å²) >= 11 is 0. The average molecular weight is 392 g/mol. The van der Waals surface area contributed by atoms with Gasteiger partial charge in [0.25, 0.3) is 5.91 Å². The van der Waals surface area contributed by atoms with Crippen molar-refractivity contribution < 1.29 is 4.79 Å². The number of carbonyl (C=O) groups is 1. The van der Waals surface area contributed by atoms with Crippen molar-refractivity contribution in [1.29, 1.82) is 0 Å². The van der Waals surface area contributed by atoms with Crippen LogP contribution < -0.4 is 10.2 Å². The molecule has 0 saturated carbocycles. The fourth-order valence-corrected chi connectivity index (χ4v) is 3.26. The van der Waals surface area contributed by atoms with E-state index in [9.17, 15) is 4.79 Å². The fraction of sp³-hybridized carbons (Fsp3) is 0.348. The lowest BCUT2D eigenvalue weighted by atomic mass is 10.1. The zero-order valence-electron chi connectivity index (χ0n) is 17.8. The molecule has 3 rings (SSSR count). The molecule has 152 valence electrons. The number of nitrogens with one attached hydrogen (secondary N) is 1. The number of hydrogen-bond donors (Lipinski definition) is 1. The second kappa shape index (κ2) is 8.90. The van der Waals surface area contributed by atoms with Crippen LogP contribution in [0, 0.1) is 19.8 Å². The molecular weight excluding hydrogens is 362 g/mol. The van der Waals surface area contributed by atoms with Crippen molar-refractivity contribution in [3.63, 3.8) is 0 Å². The van der Waals surface area contributed by atoms with Crippen molar-refractivity contribution in [3.05, 3.63) is 65.7 Å². The largest absolute Gasteiger partial charge is 0.378 e. The number of carbonyl (C=O) groups excluding carboxylic acids is 1. The van der Waals surface area contributed by atoms with Gasteiger partial charge in [-0.1, -0.05) is 19.1 Å². The molecule has 0 aliphatic carbocycles. The number of pyridine rings is 1. The molecule has 0 aliphatic rings. The Morgan fingerprint density at radius 3 is 2.45 bits per heavy atom. The minimum Gasteiger partial charge on any atom is -0.378 e. The summed E-state index contributed by atoms with van der Waals surface area (Å²) in [5, 5.41) is 7.51. The van der Waals surface area contributed by atoms with E-state index in [1.165, 1.54) is 0 Å². The van der Waals surface area contributed by atoms with Gasteiger partial charge < -0.3 is 10.2 Å². The lowest BCUT2D eigenvalue weighted by Gasteiger charge is -2.14. The van der Waals surface area contributed by atoms with Crippen LogP contribution >= 0.6 is 0 Å². The van der Waals surface area contributed by atoms with E-state index < -0.39 is 0 Å². The monoisotopic (exact) mass is 391 g/mol. The molecule has 0 fully saturated rings. The third-order valence-corrected chi connectivity index (χ3v) is 4.92. The number of nitrogens with zero attached hydrogens (tertiary/aromatic N) is 4. The molecule has 0 saturated heterocycles. The number of benzene rings is 1. The van der Waals surface area contributed by atoms with Crippen molar-refractivity contribution in [3.8, 4) is 11.1 Å². The summed E-state index contributed by atoms with van der Waals surface area (Å²) in [5.41, 5.74) is 5.82. The Hall–Kier alpha value is -3.15. The summed E-state index contributed by atoms with van der Waals surface area (Å²) in [6.45, 7) is 7.50. The molecule has 3 aromatic rings.